The summed E-state index contributed by atoms with van der Waals surface area (Å²) in [5.74, 6) is 0.0110. The SMILES string of the molecule is CC/C(Cl)=C/C(C)=O. The number of hydrogen-bond donors (Lipinski definition) is 0. The van der Waals surface area contributed by atoms with Gasteiger partial charge in [-0.3, -0.25) is 4.79 Å². The lowest BCUT2D eigenvalue weighted by atomic mass is 10.3. The van der Waals surface area contributed by atoms with Crippen molar-refractivity contribution in [3.63, 3.8) is 0 Å². The zero-order valence-corrected chi connectivity index (χ0v) is 5.83. The Hall–Kier alpha value is -0.300. The van der Waals surface area contributed by atoms with Gasteiger partial charge in [-0.15, -0.1) is 0 Å². The minimum atomic E-state index is 0.0110. The third-order valence-corrected chi connectivity index (χ3v) is 1.07. The first kappa shape index (κ1) is 7.70. The van der Waals surface area contributed by atoms with Crippen LogP contribution in [0.3, 0.4) is 0 Å². The van der Waals surface area contributed by atoms with Gasteiger partial charge < -0.3 is 0 Å². The number of carbonyl (C=O) groups is 1. The summed E-state index contributed by atoms with van der Waals surface area (Å²) in [5, 5.41) is 0.623. The maximum Gasteiger partial charge on any atom is 0.153 e. The van der Waals surface area contributed by atoms with E-state index in [0.717, 1.165) is 6.42 Å². The Morgan fingerprint density at radius 1 is 1.75 bits per heavy atom. The number of allylic oxidation sites excluding steroid dienone is 2. The summed E-state index contributed by atoms with van der Waals surface area (Å²) in [4.78, 5) is 10.3. The van der Waals surface area contributed by atoms with Gasteiger partial charge in [-0.25, -0.2) is 0 Å². The number of hydrogen-bond acceptors (Lipinski definition) is 1. The van der Waals surface area contributed by atoms with Crippen molar-refractivity contribution in [2.24, 2.45) is 0 Å². The van der Waals surface area contributed by atoms with Crippen LogP contribution in [0, 0.1) is 0 Å². The van der Waals surface area contributed by atoms with Gasteiger partial charge in [-0.05, 0) is 19.4 Å². The van der Waals surface area contributed by atoms with E-state index in [9.17, 15) is 4.79 Å². The van der Waals surface area contributed by atoms with Crippen LogP contribution in [0.25, 0.3) is 0 Å². The molecule has 0 amide bonds. The summed E-state index contributed by atoms with van der Waals surface area (Å²) in [7, 11) is 0. The number of halogens is 1. The molecule has 0 aliphatic heterocycles. The molecule has 0 aromatic heterocycles. The minimum absolute atomic E-state index is 0.0110. The molecular weight excluding hydrogens is 124 g/mol. The van der Waals surface area contributed by atoms with Crippen molar-refractivity contribution in [1.29, 1.82) is 0 Å². The van der Waals surface area contributed by atoms with Crippen molar-refractivity contribution in [3.05, 3.63) is 11.1 Å². The van der Waals surface area contributed by atoms with Gasteiger partial charge in [0.15, 0.2) is 5.78 Å². The molecule has 0 heterocycles. The lowest BCUT2D eigenvalue weighted by Crippen LogP contribution is -1.81. The zero-order valence-electron chi connectivity index (χ0n) is 5.07. The molecule has 0 radical (unpaired) electrons. The third kappa shape index (κ3) is 3.88. The van der Waals surface area contributed by atoms with Crippen molar-refractivity contribution in [3.8, 4) is 0 Å². The summed E-state index contributed by atoms with van der Waals surface area (Å²) in [6.45, 7) is 3.39. The molecule has 8 heavy (non-hydrogen) atoms. The first-order chi connectivity index (χ1) is 3.66. The van der Waals surface area contributed by atoms with Crippen LogP contribution in [-0.4, -0.2) is 5.78 Å². The fourth-order valence-corrected chi connectivity index (χ4v) is 0.476. The van der Waals surface area contributed by atoms with E-state index in [-0.39, 0.29) is 5.78 Å². The van der Waals surface area contributed by atoms with Crippen molar-refractivity contribution in [2.45, 2.75) is 20.3 Å². The molecule has 0 unspecified atom stereocenters. The predicted octanol–water partition coefficient (Wildman–Crippen LogP) is 2.11. The molecule has 0 aliphatic rings. The van der Waals surface area contributed by atoms with Crippen molar-refractivity contribution >= 4 is 17.4 Å². The highest BCUT2D eigenvalue weighted by Crippen LogP contribution is 2.04. The minimum Gasteiger partial charge on any atom is -0.295 e. The average Bonchev–Trinajstić information content (AvgIpc) is 1.65. The molecule has 0 bridgehead atoms. The molecule has 0 atom stereocenters. The van der Waals surface area contributed by atoms with Crippen LogP contribution in [0.4, 0.5) is 0 Å². The van der Waals surface area contributed by atoms with Crippen LogP contribution < -0.4 is 0 Å². The highest BCUT2D eigenvalue weighted by atomic mass is 35.5. The quantitative estimate of drug-likeness (QED) is 0.526. The number of carbonyl (C=O) groups excluding carboxylic acids is 1. The van der Waals surface area contributed by atoms with Crippen LogP contribution in [-0.2, 0) is 4.79 Å². The van der Waals surface area contributed by atoms with Gasteiger partial charge in [-0.1, -0.05) is 18.5 Å². The van der Waals surface area contributed by atoms with Crippen LogP contribution in [0.1, 0.15) is 20.3 Å². The standard InChI is InChI=1S/C6H9ClO/c1-3-6(7)4-5(2)8/h4H,3H2,1-2H3/b6-4-. The number of ketones is 1. The van der Waals surface area contributed by atoms with Gasteiger partial charge in [-0.2, -0.15) is 0 Å². The fourth-order valence-electron chi connectivity index (χ4n) is 0.323. The van der Waals surface area contributed by atoms with E-state index < -0.39 is 0 Å². The molecule has 0 aliphatic carbocycles. The first-order valence-electron chi connectivity index (χ1n) is 2.53. The van der Waals surface area contributed by atoms with Gasteiger partial charge in [0.05, 0.1) is 0 Å². The molecule has 1 nitrogen and oxygen atoms in total. The van der Waals surface area contributed by atoms with Crippen molar-refractivity contribution < 1.29 is 4.79 Å². The van der Waals surface area contributed by atoms with Crippen LogP contribution in [0.5, 0.6) is 0 Å². The summed E-state index contributed by atoms with van der Waals surface area (Å²) in [6.07, 6.45) is 2.17. The summed E-state index contributed by atoms with van der Waals surface area (Å²) < 4.78 is 0. The Balaban J connectivity index is 3.75. The van der Waals surface area contributed by atoms with E-state index in [0.29, 0.717) is 5.03 Å². The Bertz CT molecular complexity index is 116. The van der Waals surface area contributed by atoms with Gasteiger partial charge in [0.1, 0.15) is 0 Å². The molecule has 46 valence electrons. The van der Waals surface area contributed by atoms with Gasteiger partial charge in [0, 0.05) is 5.03 Å². The molecule has 0 rings (SSSR count). The Labute approximate surface area is 54.3 Å². The normalized spacial score (nSPS) is 11.6. The van der Waals surface area contributed by atoms with E-state index >= 15 is 0 Å². The highest BCUT2D eigenvalue weighted by molar-refractivity contribution is 6.30. The molecule has 0 saturated carbocycles. The molecular formula is C6H9ClO. The number of rotatable bonds is 2. The zero-order chi connectivity index (χ0) is 6.57. The largest absolute Gasteiger partial charge is 0.295 e. The third-order valence-electron chi connectivity index (χ3n) is 0.698. The molecule has 0 N–H and O–H groups in total. The van der Waals surface area contributed by atoms with Crippen LogP contribution in [0.15, 0.2) is 11.1 Å². The fraction of sp³-hybridized carbons (Fsp3) is 0.500. The Morgan fingerprint density at radius 3 is 2.38 bits per heavy atom. The average molecular weight is 133 g/mol. The van der Waals surface area contributed by atoms with Crippen molar-refractivity contribution in [2.75, 3.05) is 0 Å². The second-order valence-corrected chi connectivity index (χ2v) is 2.04. The second-order valence-electron chi connectivity index (χ2n) is 1.56. The van der Waals surface area contributed by atoms with Gasteiger partial charge in [0.25, 0.3) is 0 Å². The molecule has 0 aromatic carbocycles. The molecule has 0 fully saturated rings. The molecule has 2 heteroatoms. The highest BCUT2D eigenvalue weighted by Gasteiger charge is 1.87. The first-order valence-corrected chi connectivity index (χ1v) is 2.91. The summed E-state index contributed by atoms with van der Waals surface area (Å²) in [6, 6.07) is 0. The van der Waals surface area contributed by atoms with Crippen molar-refractivity contribution in [1.82, 2.24) is 0 Å². The van der Waals surface area contributed by atoms with Crippen LogP contribution >= 0.6 is 11.6 Å². The van der Waals surface area contributed by atoms with E-state index in [1.807, 2.05) is 6.92 Å². The predicted molar refractivity (Wildman–Crippen MR) is 34.9 cm³/mol. The maximum atomic E-state index is 10.3. The van der Waals surface area contributed by atoms with Gasteiger partial charge in [0.2, 0.25) is 0 Å². The van der Waals surface area contributed by atoms with Gasteiger partial charge >= 0.3 is 0 Å². The van der Waals surface area contributed by atoms with E-state index in [4.69, 9.17) is 11.6 Å². The lowest BCUT2D eigenvalue weighted by Gasteiger charge is -1.85. The maximum absolute atomic E-state index is 10.3. The molecule has 0 saturated heterocycles. The monoisotopic (exact) mass is 132 g/mol. The topological polar surface area (TPSA) is 17.1 Å². The summed E-state index contributed by atoms with van der Waals surface area (Å²) in [5.41, 5.74) is 0. The van der Waals surface area contributed by atoms with Crippen LogP contribution in [0.2, 0.25) is 0 Å². The van der Waals surface area contributed by atoms with E-state index in [1.165, 1.54) is 13.0 Å². The Kier molecular flexibility index (Phi) is 3.53. The molecule has 0 spiro atoms. The molecule has 0 aromatic rings. The van der Waals surface area contributed by atoms with E-state index in [1.54, 1.807) is 0 Å². The summed E-state index contributed by atoms with van der Waals surface area (Å²) >= 11 is 5.50. The lowest BCUT2D eigenvalue weighted by molar-refractivity contribution is -0.112. The Morgan fingerprint density at radius 2 is 2.25 bits per heavy atom. The second kappa shape index (κ2) is 3.67. The van der Waals surface area contributed by atoms with E-state index in [2.05, 4.69) is 0 Å². The smallest absolute Gasteiger partial charge is 0.153 e.